The molecule has 0 aromatic heterocycles. The molecule has 2 fully saturated rings. The van der Waals surface area contributed by atoms with Crippen molar-refractivity contribution < 1.29 is 9.53 Å². The Balaban J connectivity index is 1.83. The van der Waals surface area contributed by atoms with Gasteiger partial charge in [0.25, 0.3) is 0 Å². The zero-order valence-corrected chi connectivity index (χ0v) is 12.2. The minimum Gasteiger partial charge on any atom is -0.380 e. The van der Waals surface area contributed by atoms with Gasteiger partial charge in [-0.3, -0.25) is 9.69 Å². The molecule has 1 N–H and O–H groups in total. The number of hydrogen-bond acceptors (Lipinski definition) is 4. The summed E-state index contributed by atoms with van der Waals surface area (Å²) in [5.74, 6) is 0.126. The smallest absolute Gasteiger partial charge is 0.221 e. The number of carbonyl (C=O) groups is 1. The van der Waals surface area contributed by atoms with Gasteiger partial charge >= 0.3 is 0 Å². The largest absolute Gasteiger partial charge is 0.380 e. The van der Waals surface area contributed by atoms with Crippen LogP contribution >= 0.6 is 0 Å². The molecule has 0 bridgehead atoms. The molecule has 0 radical (unpaired) electrons. The van der Waals surface area contributed by atoms with Gasteiger partial charge in [0.1, 0.15) is 0 Å². The van der Waals surface area contributed by atoms with Crippen LogP contribution in [0, 0.1) is 0 Å². The van der Waals surface area contributed by atoms with Crippen molar-refractivity contribution in [2.24, 2.45) is 0 Å². The number of ether oxygens (including phenoxy) is 1. The van der Waals surface area contributed by atoms with Crippen LogP contribution in [0.5, 0.6) is 0 Å². The summed E-state index contributed by atoms with van der Waals surface area (Å²) in [6, 6.07) is 0.549. The van der Waals surface area contributed by atoms with Gasteiger partial charge in [-0.2, -0.15) is 0 Å². The molecule has 0 unspecified atom stereocenters. The first-order valence-electron chi connectivity index (χ1n) is 7.42. The molecule has 0 aromatic carbocycles. The number of nitrogens with one attached hydrogen (secondary N) is 1. The maximum atomic E-state index is 11.4. The predicted molar refractivity (Wildman–Crippen MR) is 75.1 cm³/mol. The molecule has 2 aliphatic heterocycles. The Bertz CT molecular complexity index is 292. The maximum Gasteiger partial charge on any atom is 0.221 e. The third kappa shape index (κ3) is 4.16. The summed E-state index contributed by atoms with van der Waals surface area (Å²) in [5.41, 5.74) is 0. The highest BCUT2D eigenvalue weighted by molar-refractivity contribution is 5.75. The van der Waals surface area contributed by atoms with Crippen molar-refractivity contribution >= 4 is 5.91 Å². The van der Waals surface area contributed by atoms with Gasteiger partial charge in [-0.1, -0.05) is 0 Å². The van der Waals surface area contributed by atoms with E-state index in [4.69, 9.17) is 4.74 Å². The Labute approximate surface area is 116 Å². The zero-order chi connectivity index (χ0) is 13.7. The molecule has 5 heteroatoms. The minimum atomic E-state index is 0.126. The molecule has 0 aliphatic carbocycles. The lowest BCUT2D eigenvalue weighted by Gasteiger charge is -2.27. The Hall–Kier alpha value is -0.650. The van der Waals surface area contributed by atoms with Crippen molar-refractivity contribution in [3.63, 3.8) is 0 Å². The lowest BCUT2D eigenvalue weighted by atomic mass is 10.2. The number of rotatable bonds is 6. The quantitative estimate of drug-likeness (QED) is 0.754. The molecular formula is C14H27N3O2. The number of carbonyl (C=O) groups excluding carboxylic acids is 1. The van der Waals surface area contributed by atoms with Crippen LogP contribution in [-0.4, -0.2) is 74.7 Å². The van der Waals surface area contributed by atoms with E-state index in [1.165, 1.54) is 25.9 Å². The number of likely N-dealkylation sites (tertiary alicyclic amines) is 2. The molecule has 2 atom stereocenters. The molecule has 2 saturated heterocycles. The van der Waals surface area contributed by atoms with Gasteiger partial charge < -0.3 is 15.0 Å². The van der Waals surface area contributed by atoms with Crippen molar-refractivity contribution in [3.05, 3.63) is 0 Å². The van der Waals surface area contributed by atoms with Gasteiger partial charge in [0, 0.05) is 46.3 Å². The normalized spacial score (nSPS) is 28.9. The van der Waals surface area contributed by atoms with Crippen molar-refractivity contribution in [2.45, 2.75) is 37.8 Å². The first kappa shape index (κ1) is 14.8. The maximum absolute atomic E-state index is 11.4. The van der Waals surface area contributed by atoms with Gasteiger partial charge in [-0.15, -0.1) is 0 Å². The SMILES string of the molecule is CNC(=O)CCN1C[C@@H](OC)C[C@H]1CN1CCCC1. The van der Waals surface area contributed by atoms with E-state index in [0.29, 0.717) is 18.6 Å². The molecule has 2 heterocycles. The monoisotopic (exact) mass is 269 g/mol. The van der Waals surface area contributed by atoms with E-state index in [0.717, 1.165) is 26.1 Å². The molecule has 5 nitrogen and oxygen atoms in total. The molecule has 0 spiro atoms. The van der Waals surface area contributed by atoms with Crippen LogP contribution in [0.4, 0.5) is 0 Å². The number of amides is 1. The van der Waals surface area contributed by atoms with Crippen LogP contribution < -0.4 is 5.32 Å². The predicted octanol–water partition coefficient (Wildman–Crippen LogP) is 0.308. The second-order valence-electron chi connectivity index (χ2n) is 5.67. The highest BCUT2D eigenvalue weighted by atomic mass is 16.5. The van der Waals surface area contributed by atoms with Crippen LogP contribution in [-0.2, 0) is 9.53 Å². The number of nitrogens with zero attached hydrogens (tertiary/aromatic N) is 2. The second-order valence-corrected chi connectivity index (χ2v) is 5.67. The molecule has 19 heavy (non-hydrogen) atoms. The first-order valence-corrected chi connectivity index (χ1v) is 7.42. The second kappa shape index (κ2) is 7.22. The zero-order valence-electron chi connectivity index (χ0n) is 12.2. The average molecular weight is 269 g/mol. The van der Waals surface area contributed by atoms with E-state index >= 15 is 0 Å². The van der Waals surface area contributed by atoms with E-state index in [-0.39, 0.29) is 5.91 Å². The fourth-order valence-corrected chi connectivity index (χ4v) is 3.21. The Morgan fingerprint density at radius 2 is 2.11 bits per heavy atom. The number of hydrogen-bond donors (Lipinski definition) is 1. The Morgan fingerprint density at radius 1 is 1.37 bits per heavy atom. The van der Waals surface area contributed by atoms with Gasteiger partial charge in [0.05, 0.1) is 6.10 Å². The van der Waals surface area contributed by atoms with Crippen molar-refractivity contribution in [1.82, 2.24) is 15.1 Å². The third-order valence-corrected chi connectivity index (χ3v) is 4.40. The highest BCUT2D eigenvalue weighted by Crippen LogP contribution is 2.22. The molecule has 0 aromatic rings. The summed E-state index contributed by atoms with van der Waals surface area (Å²) in [6.45, 7) is 5.41. The standard InChI is InChI=1S/C14H27N3O2/c1-15-14(18)5-8-17-11-13(19-2)9-12(17)10-16-6-3-4-7-16/h12-13H,3-11H2,1-2H3,(H,15,18)/t12-,13-/m0/s1. The van der Waals surface area contributed by atoms with E-state index in [1.54, 1.807) is 14.2 Å². The van der Waals surface area contributed by atoms with Gasteiger partial charge in [-0.05, 0) is 32.4 Å². The Morgan fingerprint density at radius 3 is 2.74 bits per heavy atom. The van der Waals surface area contributed by atoms with Crippen LogP contribution in [0.1, 0.15) is 25.7 Å². The summed E-state index contributed by atoms with van der Waals surface area (Å²) in [5, 5.41) is 2.69. The van der Waals surface area contributed by atoms with Crippen LogP contribution in [0.2, 0.25) is 0 Å². The van der Waals surface area contributed by atoms with Crippen molar-refractivity contribution in [2.75, 3.05) is 46.9 Å². The Kier molecular flexibility index (Phi) is 5.60. The van der Waals surface area contributed by atoms with Gasteiger partial charge in [0.15, 0.2) is 0 Å². The molecule has 2 rings (SSSR count). The first-order chi connectivity index (χ1) is 9.22. The topological polar surface area (TPSA) is 44.8 Å². The third-order valence-electron chi connectivity index (χ3n) is 4.40. The molecule has 110 valence electrons. The van der Waals surface area contributed by atoms with Crippen LogP contribution in [0.15, 0.2) is 0 Å². The van der Waals surface area contributed by atoms with Crippen LogP contribution in [0.3, 0.4) is 0 Å². The van der Waals surface area contributed by atoms with Crippen LogP contribution in [0.25, 0.3) is 0 Å². The van der Waals surface area contributed by atoms with E-state index in [9.17, 15) is 4.79 Å². The summed E-state index contributed by atoms with van der Waals surface area (Å²) in [6.07, 6.45) is 4.68. The molecule has 0 saturated carbocycles. The minimum absolute atomic E-state index is 0.126. The van der Waals surface area contributed by atoms with E-state index in [2.05, 4.69) is 15.1 Å². The van der Waals surface area contributed by atoms with Gasteiger partial charge in [0.2, 0.25) is 5.91 Å². The number of methoxy groups -OCH3 is 1. The van der Waals surface area contributed by atoms with E-state index in [1.807, 2.05) is 0 Å². The molecule has 2 aliphatic rings. The lowest BCUT2D eigenvalue weighted by molar-refractivity contribution is -0.121. The van der Waals surface area contributed by atoms with Crippen molar-refractivity contribution in [1.29, 1.82) is 0 Å². The van der Waals surface area contributed by atoms with Gasteiger partial charge in [-0.25, -0.2) is 0 Å². The fraction of sp³-hybridized carbons (Fsp3) is 0.929. The summed E-state index contributed by atoms with van der Waals surface area (Å²) < 4.78 is 5.51. The average Bonchev–Trinajstić information content (AvgIpc) is 3.06. The van der Waals surface area contributed by atoms with Crippen molar-refractivity contribution in [3.8, 4) is 0 Å². The molecular weight excluding hydrogens is 242 g/mol. The van der Waals surface area contributed by atoms with E-state index < -0.39 is 0 Å². The molecule has 1 amide bonds. The summed E-state index contributed by atoms with van der Waals surface area (Å²) in [7, 11) is 3.49. The summed E-state index contributed by atoms with van der Waals surface area (Å²) >= 11 is 0. The fourth-order valence-electron chi connectivity index (χ4n) is 3.21. The lowest BCUT2D eigenvalue weighted by Crippen LogP contribution is -2.40. The summed E-state index contributed by atoms with van der Waals surface area (Å²) in [4.78, 5) is 16.4. The highest BCUT2D eigenvalue weighted by Gasteiger charge is 2.33.